The van der Waals surface area contributed by atoms with Gasteiger partial charge in [0.15, 0.2) is 0 Å². The van der Waals surface area contributed by atoms with Crippen molar-refractivity contribution in [2.75, 3.05) is 31.1 Å². The average molecular weight is 312 g/mol. The third-order valence-corrected chi connectivity index (χ3v) is 4.18. The van der Waals surface area contributed by atoms with Crippen LogP contribution in [0.5, 0.6) is 0 Å². The molecule has 1 fully saturated rings. The molecular weight excluding hydrogens is 292 g/mol. The minimum Gasteiger partial charge on any atom is -0.424 e. The molecule has 7 nitrogen and oxygen atoms in total. The van der Waals surface area contributed by atoms with E-state index >= 15 is 0 Å². The number of aryl methyl sites for hydroxylation is 1. The molecule has 0 aliphatic carbocycles. The second kappa shape index (κ2) is 6.75. The first-order valence-corrected chi connectivity index (χ1v) is 7.83. The molecule has 0 bridgehead atoms. The summed E-state index contributed by atoms with van der Waals surface area (Å²) in [6, 6.07) is 5.93. The van der Waals surface area contributed by atoms with Crippen molar-refractivity contribution in [3.63, 3.8) is 0 Å². The molecule has 3 heterocycles. The standard InChI is InChI=1S/C16H20N6O/c1-12(16-20-19-13(2)23-16)21-7-4-8-22(10-9-21)15-14(11-17)5-3-6-18-15/h3,5-6,12H,4,7-10H2,1-2H3/t12-/m0/s1. The monoisotopic (exact) mass is 312 g/mol. The zero-order chi connectivity index (χ0) is 16.2. The first-order chi connectivity index (χ1) is 11.2. The molecule has 0 aromatic carbocycles. The Bertz CT molecular complexity index is 707. The Morgan fingerprint density at radius 2 is 2.13 bits per heavy atom. The van der Waals surface area contributed by atoms with Gasteiger partial charge < -0.3 is 9.32 Å². The molecule has 1 aliphatic rings. The lowest BCUT2D eigenvalue weighted by Crippen LogP contribution is -2.33. The molecule has 1 atom stereocenters. The zero-order valence-electron chi connectivity index (χ0n) is 13.4. The second-order valence-electron chi connectivity index (χ2n) is 5.70. The second-order valence-corrected chi connectivity index (χ2v) is 5.70. The number of hydrogen-bond acceptors (Lipinski definition) is 7. The number of pyridine rings is 1. The number of hydrogen-bond donors (Lipinski definition) is 0. The zero-order valence-corrected chi connectivity index (χ0v) is 13.4. The summed E-state index contributed by atoms with van der Waals surface area (Å²) in [7, 11) is 0. The maximum Gasteiger partial charge on any atom is 0.233 e. The fourth-order valence-electron chi connectivity index (χ4n) is 2.91. The van der Waals surface area contributed by atoms with Crippen molar-refractivity contribution in [1.82, 2.24) is 20.1 Å². The summed E-state index contributed by atoms with van der Waals surface area (Å²) >= 11 is 0. The van der Waals surface area contributed by atoms with Crippen molar-refractivity contribution >= 4 is 5.82 Å². The Labute approximate surface area is 135 Å². The summed E-state index contributed by atoms with van der Waals surface area (Å²) in [5.74, 6) is 2.03. The molecule has 23 heavy (non-hydrogen) atoms. The topological polar surface area (TPSA) is 82.1 Å². The van der Waals surface area contributed by atoms with Gasteiger partial charge in [-0.3, -0.25) is 4.90 Å². The van der Waals surface area contributed by atoms with Gasteiger partial charge in [-0.1, -0.05) is 0 Å². The fourth-order valence-corrected chi connectivity index (χ4v) is 2.91. The number of nitriles is 1. The van der Waals surface area contributed by atoms with Crippen LogP contribution in [0.15, 0.2) is 22.7 Å². The minimum absolute atomic E-state index is 0.0929. The number of nitrogens with zero attached hydrogens (tertiary/aromatic N) is 6. The van der Waals surface area contributed by atoms with Crippen molar-refractivity contribution in [2.24, 2.45) is 0 Å². The first kappa shape index (κ1) is 15.4. The Kier molecular flexibility index (Phi) is 4.53. The Morgan fingerprint density at radius 3 is 2.87 bits per heavy atom. The SMILES string of the molecule is Cc1nnc([C@H](C)N2CCCN(c3ncccc3C#N)CC2)o1. The van der Waals surface area contributed by atoms with E-state index in [9.17, 15) is 5.26 Å². The van der Waals surface area contributed by atoms with Gasteiger partial charge in [-0.2, -0.15) is 5.26 Å². The molecule has 0 unspecified atom stereocenters. The van der Waals surface area contributed by atoms with Gasteiger partial charge in [0.05, 0.1) is 11.6 Å². The minimum atomic E-state index is 0.0929. The van der Waals surface area contributed by atoms with Crippen LogP contribution in [0.2, 0.25) is 0 Å². The van der Waals surface area contributed by atoms with Crippen LogP contribution in [0.1, 0.15) is 36.7 Å². The highest BCUT2D eigenvalue weighted by Crippen LogP contribution is 2.23. The Morgan fingerprint density at radius 1 is 1.26 bits per heavy atom. The third-order valence-electron chi connectivity index (χ3n) is 4.18. The lowest BCUT2D eigenvalue weighted by atomic mass is 10.2. The molecule has 0 amide bonds. The molecule has 3 rings (SSSR count). The van der Waals surface area contributed by atoms with E-state index in [4.69, 9.17) is 4.42 Å². The third kappa shape index (κ3) is 3.32. The van der Waals surface area contributed by atoms with Crippen LogP contribution in [-0.2, 0) is 0 Å². The van der Waals surface area contributed by atoms with Crippen LogP contribution < -0.4 is 4.90 Å². The summed E-state index contributed by atoms with van der Waals surface area (Å²) in [5.41, 5.74) is 0.626. The smallest absolute Gasteiger partial charge is 0.233 e. The van der Waals surface area contributed by atoms with Gasteiger partial charge >= 0.3 is 0 Å². The van der Waals surface area contributed by atoms with Gasteiger partial charge in [-0.25, -0.2) is 4.98 Å². The van der Waals surface area contributed by atoms with Gasteiger partial charge in [-0.05, 0) is 25.5 Å². The summed E-state index contributed by atoms with van der Waals surface area (Å²) in [6.45, 7) is 7.42. The van der Waals surface area contributed by atoms with Crippen LogP contribution in [0.25, 0.3) is 0 Å². The van der Waals surface area contributed by atoms with Crippen molar-refractivity contribution in [3.8, 4) is 6.07 Å². The van der Waals surface area contributed by atoms with E-state index in [2.05, 4.69) is 38.0 Å². The summed E-state index contributed by atoms with van der Waals surface area (Å²) in [4.78, 5) is 8.91. The summed E-state index contributed by atoms with van der Waals surface area (Å²) in [6.07, 6.45) is 2.74. The maximum absolute atomic E-state index is 9.26. The Balaban J connectivity index is 1.71. The van der Waals surface area contributed by atoms with Crippen LogP contribution in [0.4, 0.5) is 5.82 Å². The number of aromatic nitrogens is 3. The maximum atomic E-state index is 9.26. The Hall–Kier alpha value is -2.46. The van der Waals surface area contributed by atoms with E-state index in [0.29, 0.717) is 17.3 Å². The molecule has 2 aromatic rings. The first-order valence-electron chi connectivity index (χ1n) is 7.83. The predicted molar refractivity (Wildman–Crippen MR) is 84.8 cm³/mol. The van der Waals surface area contributed by atoms with E-state index in [0.717, 1.165) is 38.4 Å². The quantitative estimate of drug-likeness (QED) is 0.856. The van der Waals surface area contributed by atoms with Crippen LogP contribution in [0, 0.1) is 18.3 Å². The fraction of sp³-hybridized carbons (Fsp3) is 0.500. The summed E-state index contributed by atoms with van der Waals surface area (Å²) < 4.78 is 5.55. The molecule has 0 radical (unpaired) electrons. The molecule has 0 N–H and O–H groups in total. The molecule has 1 aliphatic heterocycles. The molecule has 1 saturated heterocycles. The molecule has 0 saturated carbocycles. The van der Waals surface area contributed by atoms with E-state index in [1.54, 1.807) is 19.2 Å². The van der Waals surface area contributed by atoms with Crippen molar-refractivity contribution in [2.45, 2.75) is 26.3 Å². The van der Waals surface area contributed by atoms with Crippen molar-refractivity contribution in [3.05, 3.63) is 35.7 Å². The van der Waals surface area contributed by atoms with E-state index in [1.165, 1.54) is 0 Å². The number of anilines is 1. The van der Waals surface area contributed by atoms with E-state index < -0.39 is 0 Å². The van der Waals surface area contributed by atoms with Crippen LogP contribution >= 0.6 is 0 Å². The number of rotatable bonds is 3. The predicted octanol–water partition coefficient (Wildman–Crippen LogP) is 1.92. The van der Waals surface area contributed by atoms with Gasteiger partial charge in [0.2, 0.25) is 11.8 Å². The molecular formula is C16H20N6O. The lowest BCUT2D eigenvalue weighted by Gasteiger charge is -2.25. The van der Waals surface area contributed by atoms with Gasteiger partial charge in [0, 0.05) is 39.3 Å². The van der Waals surface area contributed by atoms with Gasteiger partial charge in [0.25, 0.3) is 0 Å². The van der Waals surface area contributed by atoms with Crippen LogP contribution in [-0.4, -0.2) is 46.3 Å². The van der Waals surface area contributed by atoms with Crippen LogP contribution in [0.3, 0.4) is 0 Å². The highest BCUT2D eigenvalue weighted by atomic mass is 16.4. The normalized spacial score (nSPS) is 17.5. The van der Waals surface area contributed by atoms with Gasteiger partial charge in [-0.15, -0.1) is 10.2 Å². The molecule has 7 heteroatoms. The van der Waals surface area contributed by atoms with Crippen molar-refractivity contribution in [1.29, 1.82) is 5.26 Å². The lowest BCUT2D eigenvalue weighted by molar-refractivity contribution is 0.194. The molecule has 0 spiro atoms. The molecule has 2 aromatic heterocycles. The van der Waals surface area contributed by atoms with Gasteiger partial charge in [0.1, 0.15) is 11.9 Å². The van der Waals surface area contributed by atoms with E-state index in [-0.39, 0.29) is 6.04 Å². The van der Waals surface area contributed by atoms with Crippen molar-refractivity contribution < 1.29 is 4.42 Å². The summed E-state index contributed by atoms with van der Waals surface area (Å²) in [5, 5.41) is 17.3. The average Bonchev–Trinajstić information content (AvgIpc) is 2.87. The molecule has 120 valence electrons. The largest absolute Gasteiger partial charge is 0.424 e. The highest BCUT2D eigenvalue weighted by Gasteiger charge is 2.24. The highest BCUT2D eigenvalue weighted by molar-refractivity contribution is 5.53. The van der Waals surface area contributed by atoms with E-state index in [1.807, 2.05) is 6.07 Å².